The Morgan fingerprint density at radius 1 is 1.19 bits per heavy atom. The SMILES string of the molecule is C=C1CC(CO[Si](C)CC(C)(C)C)C(c2ccccc2)C1. The molecule has 1 aliphatic rings. The molecule has 0 heterocycles. The van der Waals surface area contributed by atoms with Crippen LogP contribution in [0.4, 0.5) is 0 Å². The van der Waals surface area contributed by atoms with Gasteiger partial charge >= 0.3 is 0 Å². The third-order valence-electron chi connectivity index (χ3n) is 4.18. The second-order valence-electron chi connectivity index (χ2n) is 7.69. The molecule has 2 heteroatoms. The minimum atomic E-state index is -0.686. The van der Waals surface area contributed by atoms with E-state index in [1.54, 1.807) is 0 Å². The van der Waals surface area contributed by atoms with Gasteiger partial charge in [-0.3, -0.25) is 0 Å². The van der Waals surface area contributed by atoms with Crippen molar-refractivity contribution in [3.63, 3.8) is 0 Å². The molecule has 115 valence electrons. The highest BCUT2D eigenvalue weighted by Crippen LogP contribution is 2.42. The minimum absolute atomic E-state index is 0.376. The average Bonchev–Trinajstić information content (AvgIpc) is 2.77. The summed E-state index contributed by atoms with van der Waals surface area (Å²) in [6, 6.07) is 12.1. The van der Waals surface area contributed by atoms with E-state index in [0.29, 0.717) is 17.3 Å². The fourth-order valence-electron chi connectivity index (χ4n) is 3.39. The van der Waals surface area contributed by atoms with Crippen molar-refractivity contribution < 1.29 is 4.43 Å². The first-order valence-corrected chi connectivity index (χ1v) is 10.1. The van der Waals surface area contributed by atoms with Crippen LogP contribution >= 0.6 is 0 Å². The van der Waals surface area contributed by atoms with Crippen LogP contribution < -0.4 is 0 Å². The maximum Gasteiger partial charge on any atom is 0.208 e. The maximum absolute atomic E-state index is 6.26. The summed E-state index contributed by atoms with van der Waals surface area (Å²) >= 11 is 0. The Morgan fingerprint density at radius 3 is 2.48 bits per heavy atom. The van der Waals surface area contributed by atoms with Crippen LogP contribution in [0.2, 0.25) is 12.6 Å². The van der Waals surface area contributed by atoms with Gasteiger partial charge in [0, 0.05) is 6.61 Å². The fraction of sp³-hybridized carbons (Fsp3) is 0.579. The van der Waals surface area contributed by atoms with Crippen molar-refractivity contribution in [3.05, 3.63) is 48.0 Å². The molecule has 1 radical (unpaired) electrons. The van der Waals surface area contributed by atoms with Gasteiger partial charge in [-0.15, -0.1) is 0 Å². The molecule has 1 nitrogen and oxygen atoms in total. The number of allylic oxidation sites excluding steroid dienone is 1. The van der Waals surface area contributed by atoms with E-state index in [1.807, 2.05) is 0 Å². The maximum atomic E-state index is 6.26. The van der Waals surface area contributed by atoms with Crippen molar-refractivity contribution in [1.82, 2.24) is 0 Å². The third-order valence-corrected chi connectivity index (χ3v) is 6.40. The third kappa shape index (κ3) is 5.12. The zero-order valence-corrected chi connectivity index (χ0v) is 15.0. The summed E-state index contributed by atoms with van der Waals surface area (Å²) in [5.41, 5.74) is 3.21. The molecule has 2 unspecified atom stereocenters. The summed E-state index contributed by atoms with van der Waals surface area (Å²) < 4.78 is 6.26. The Morgan fingerprint density at radius 2 is 1.86 bits per heavy atom. The van der Waals surface area contributed by atoms with E-state index in [0.717, 1.165) is 19.4 Å². The zero-order chi connectivity index (χ0) is 15.5. The van der Waals surface area contributed by atoms with Gasteiger partial charge in [0.15, 0.2) is 0 Å². The molecule has 2 atom stereocenters. The molecule has 0 amide bonds. The highest BCUT2D eigenvalue weighted by atomic mass is 28.3. The topological polar surface area (TPSA) is 9.23 Å². The van der Waals surface area contributed by atoms with Gasteiger partial charge in [-0.25, -0.2) is 0 Å². The molecule has 0 aliphatic heterocycles. The first-order valence-electron chi connectivity index (χ1n) is 8.02. The Balaban J connectivity index is 1.93. The van der Waals surface area contributed by atoms with Crippen molar-refractivity contribution in [1.29, 1.82) is 0 Å². The van der Waals surface area contributed by atoms with E-state index < -0.39 is 9.04 Å². The van der Waals surface area contributed by atoms with Gasteiger partial charge < -0.3 is 4.43 Å². The Hall–Kier alpha value is -0.863. The number of hydrogen-bond donors (Lipinski definition) is 0. The summed E-state index contributed by atoms with van der Waals surface area (Å²) in [6.07, 6.45) is 2.26. The molecule has 0 N–H and O–H groups in total. The highest BCUT2D eigenvalue weighted by molar-refractivity contribution is 6.50. The number of hydrogen-bond acceptors (Lipinski definition) is 1. The summed E-state index contributed by atoms with van der Waals surface area (Å²) in [6.45, 7) is 14.3. The Labute approximate surface area is 132 Å². The van der Waals surface area contributed by atoms with E-state index in [2.05, 4.69) is 64.2 Å². The molecule has 1 aromatic rings. The Bertz CT molecular complexity index is 460. The lowest BCUT2D eigenvalue weighted by Crippen LogP contribution is -2.25. The highest BCUT2D eigenvalue weighted by Gasteiger charge is 2.31. The molecule has 0 aromatic heterocycles. The van der Waals surface area contributed by atoms with Crippen LogP contribution in [-0.2, 0) is 4.43 Å². The predicted octanol–water partition coefficient (Wildman–Crippen LogP) is 5.42. The van der Waals surface area contributed by atoms with E-state index in [1.165, 1.54) is 17.2 Å². The second kappa shape index (κ2) is 6.93. The monoisotopic (exact) mass is 301 g/mol. The predicted molar refractivity (Wildman–Crippen MR) is 92.9 cm³/mol. The second-order valence-corrected chi connectivity index (χ2v) is 9.73. The fourth-order valence-corrected chi connectivity index (χ4v) is 5.48. The molecular weight excluding hydrogens is 272 g/mol. The van der Waals surface area contributed by atoms with Gasteiger partial charge in [0.25, 0.3) is 0 Å². The molecule has 0 spiro atoms. The van der Waals surface area contributed by atoms with Gasteiger partial charge in [0.05, 0.1) is 0 Å². The molecule has 21 heavy (non-hydrogen) atoms. The largest absolute Gasteiger partial charge is 0.417 e. The van der Waals surface area contributed by atoms with Gasteiger partial charge in [-0.1, -0.05) is 63.3 Å². The van der Waals surface area contributed by atoms with E-state index in [4.69, 9.17) is 4.43 Å². The van der Waals surface area contributed by atoms with Crippen molar-refractivity contribution >= 4 is 9.04 Å². The first-order chi connectivity index (χ1) is 9.85. The quantitative estimate of drug-likeness (QED) is 0.521. The molecule has 1 saturated carbocycles. The average molecular weight is 302 g/mol. The molecular formula is C19H29OSi. The zero-order valence-electron chi connectivity index (χ0n) is 14.0. The van der Waals surface area contributed by atoms with Gasteiger partial charge in [-0.05, 0) is 48.2 Å². The summed E-state index contributed by atoms with van der Waals surface area (Å²) in [5.74, 6) is 1.21. The lowest BCUT2D eigenvalue weighted by atomic mass is 9.89. The van der Waals surface area contributed by atoms with Crippen LogP contribution in [0, 0.1) is 11.3 Å². The van der Waals surface area contributed by atoms with Crippen LogP contribution in [0.1, 0.15) is 45.1 Å². The lowest BCUT2D eigenvalue weighted by Gasteiger charge is -2.25. The van der Waals surface area contributed by atoms with Gasteiger partial charge in [0.1, 0.15) is 0 Å². The van der Waals surface area contributed by atoms with Crippen LogP contribution in [0.5, 0.6) is 0 Å². The summed E-state index contributed by atoms with van der Waals surface area (Å²) in [4.78, 5) is 0. The Kier molecular flexibility index (Phi) is 5.45. The first kappa shape index (κ1) is 16.5. The summed E-state index contributed by atoms with van der Waals surface area (Å²) in [7, 11) is -0.686. The molecule has 1 fully saturated rings. The number of rotatable bonds is 5. The molecule has 0 bridgehead atoms. The van der Waals surface area contributed by atoms with E-state index in [-0.39, 0.29) is 0 Å². The van der Waals surface area contributed by atoms with E-state index >= 15 is 0 Å². The smallest absolute Gasteiger partial charge is 0.208 e. The van der Waals surface area contributed by atoms with Crippen LogP contribution in [0.25, 0.3) is 0 Å². The molecule has 1 aromatic carbocycles. The van der Waals surface area contributed by atoms with Crippen molar-refractivity contribution in [2.75, 3.05) is 6.61 Å². The van der Waals surface area contributed by atoms with Crippen LogP contribution in [-0.4, -0.2) is 15.6 Å². The van der Waals surface area contributed by atoms with Crippen molar-refractivity contribution in [2.24, 2.45) is 11.3 Å². The molecule has 2 rings (SSSR count). The van der Waals surface area contributed by atoms with Crippen molar-refractivity contribution in [3.8, 4) is 0 Å². The minimum Gasteiger partial charge on any atom is -0.417 e. The summed E-state index contributed by atoms with van der Waals surface area (Å²) in [5, 5.41) is 0. The molecule has 1 aliphatic carbocycles. The van der Waals surface area contributed by atoms with Crippen LogP contribution in [0.3, 0.4) is 0 Å². The normalized spacial score (nSPS) is 23.0. The lowest BCUT2D eigenvalue weighted by molar-refractivity contribution is 0.235. The number of benzene rings is 1. The van der Waals surface area contributed by atoms with Gasteiger partial charge in [-0.2, -0.15) is 0 Å². The van der Waals surface area contributed by atoms with Crippen molar-refractivity contribution in [2.45, 2.75) is 52.1 Å². The molecule has 0 saturated heterocycles. The van der Waals surface area contributed by atoms with Gasteiger partial charge in [0.2, 0.25) is 9.04 Å². The van der Waals surface area contributed by atoms with E-state index in [9.17, 15) is 0 Å². The standard InChI is InChI=1S/C19H29OSi/c1-15-11-17(13-20-21(5)14-19(2,3)4)18(12-15)16-9-7-6-8-10-16/h6-10,17-18H,1,11-14H2,2-5H3. The van der Waals surface area contributed by atoms with Crippen LogP contribution in [0.15, 0.2) is 42.5 Å².